The molecule has 26 heavy (non-hydrogen) atoms. The minimum absolute atomic E-state index is 0.204. The maximum absolute atomic E-state index is 12.2. The predicted octanol–water partition coefficient (Wildman–Crippen LogP) is 2.07. The number of benzene rings is 2. The minimum Gasteiger partial charge on any atom is -0.355 e. The van der Waals surface area contributed by atoms with Gasteiger partial charge in [0.1, 0.15) is 12.6 Å². The van der Waals surface area contributed by atoms with E-state index in [-0.39, 0.29) is 17.8 Å². The minimum atomic E-state index is -3.70. The number of sulfonamides is 1. The maximum atomic E-state index is 12.2. The van der Waals surface area contributed by atoms with Crippen molar-refractivity contribution in [3.05, 3.63) is 65.7 Å². The normalized spacial score (nSPS) is 10.8. The van der Waals surface area contributed by atoms with Gasteiger partial charge in [-0.1, -0.05) is 42.5 Å². The van der Waals surface area contributed by atoms with Crippen LogP contribution >= 0.6 is 0 Å². The van der Waals surface area contributed by atoms with E-state index in [9.17, 15) is 18.5 Å². The molecule has 0 radical (unpaired) electrons. The summed E-state index contributed by atoms with van der Waals surface area (Å²) in [5.74, 6) is -0.406. The number of hydrogen-bond acceptors (Lipinski definition) is 4. The molecule has 2 rings (SSSR count). The second-order valence-electron chi connectivity index (χ2n) is 5.84. The summed E-state index contributed by atoms with van der Waals surface area (Å²) in [7, 11) is -3.70. The third-order valence-corrected chi connectivity index (χ3v) is 4.91. The standard InChI is InChI=1S/C19H21N3O3S/c1-26(24,25)22(18-12-6-5-11-17(18)14-20)15-19(23)21-13-7-10-16-8-3-2-4-9-16/h2-6,8-9,11-12H,7,10,13,15H2,1H3,(H,21,23). The lowest BCUT2D eigenvalue weighted by Crippen LogP contribution is -2.41. The smallest absolute Gasteiger partial charge is 0.240 e. The Kier molecular flexibility index (Phi) is 6.75. The third kappa shape index (κ3) is 5.60. The van der Waals surface area contributed by atoms with Gasteiger partial charge in [-0.15, -0.1) is 0 Å². The molecule has 6 nitrogen and oxygen atoms in total. The Morgan fingerprint density at radius 2 is 1.77 bits per heavy atom. The van der Waals surface area contributed by atoms with Gasteiger partial charge in [0, 0.05) is 6.54 Å². The van der Waals surface area contributed by atoms with Gasteiger partial charge in [0.05, 0.1) is 17.5 Å². The number of nitrogens with zero attached hydrogens (tertiary/aromatic N) is 2. The molecule has 0 saturated carbocycles. The Hall–Kier alpha value is -2.85. The first-order valence-corrected chi connectivity index (χ1v) is 10.0. The number of nitriles is 1. The molecule has 0 aliphatic rings. The van der Waals surface area contributed by atoms with E-state index in [1.165, 1.54) is 17.7 Å². The zero-order valence-electron chi connectivity index (χ0n) is 14.6. The fourth-order valence-electron chi connectivity index (χ4n) is 2.52. The van der Waals surface area contributed by atoms with Crippen molar-refractivity contribution < 1.29 is 13.2 Å². The van der Waals surface area contributed by atoms with Gasteiger partial charge < -0.3 is 5.32 Å². The van der Waals surface area contributed by atoms with Gasteiger partial charge in [-0.2, -0.15) is 5.26 Å². The highest BCUT2D eigenvalue weighted by Crippen LogP contribution is 2.21. The second kappa shape index (κ2) is 9.02. The van der Waals surface area contributed by atoms with Crippen LogP contribution in [-0.2, 0) is 21.2 Å². The SMILES string of the molecule is CS(=O)(=O)N(CC(=O)NCCCc1ccccc1)c1ccccc1C#N. The van der Waals surface area contributed by atoms with Gasteiger partial charge in [-0.3, -0.25) is 9.10 Å². The number of amides is 1. The van der Waals surface area contributed by atoms with Crippen LogP contribution in [0.1, 0.15) is 17.5 Å². The highest BCUT2D eigenvalue weighted by atomic mass is 32.2. The number of aryl methyl sites for hydroxylation is 1. The number of rotatable bonds is 8. The molecular weight excluding hydrogens is 350 g/mol. The molecule has 0 aromatic heterocycles. The summed E-state index contributed by atoms with van der Waals surface area (Å²) in [6.07, 6.45) is 2.60. The monoisotopic (exact) mass is 371 g/mol. The summed E-state index contributed by atoms with van der Waals surface area (Å²) < 4.78 is 25.1. The van der Waals surface area contributed by atoms with Crippen molar-refractivity contribution in [2.75, 3.05) is 23.7 Å². The van der Waals surface area contributed by atoms with Crippen LogP contribution in [0.5, 0.6) is 0 Å². The van der Waals surface area contributed by atoms with Crippen molar-refractivity contribution in [1.82, 2.24) is 5.32 Å². The topological polar surface area (TPSA) is 90.3 Å². The van der Waals surface area contributed by atoms with Gasteiger partial charge in [0.25, 0.3) is 0 Å². The summed E-state index contributed by atoms with van der Waals surface area (Å²) in [4.78, 5) is 12.2. The fraction of sp³-hybridized carbons (Fsp3) is 0.263. The second-order valence-corrected chi connectivity index (χ2v) is 7.74. The van der Waals surface area contributed by atoms with E-state index < -0.39 is 15.9 Å². The Morgan fingerprint density at radius 3 is 2.42 bits per heavy atom. The highest BCUT2D eigenvalue weighted by molar-refractivity contribution is 7.92. The van der Waals surface area contributed by atoms with Crippen molar-refractivity contribution in [1.29, 1.82) is 5.26 Å². The van der Waals surface area contributed by atoms with Crippen LogP contribution in [0.25, 0.3) is 0 Å². The summed E-state index contributed by atoms with van der Waals surface area (Å²) in [5.41, 5.74) is 1.59. The number of anilines is 1. The average molecular weight is 371 g/mol. The van der Waals surface area contributed by atoms with Crippen molar-refractivity contribution in [3.8, 4) is 6.07 Å². The van der Waals surface area contributed by atoms with E-state index in [4.69, 9.17) is 0 Å². The number of hydrogen-bond donors (Lipinski definition) is 1. The fourth-order valence-corrected chi connectivity index (χ4v) is 3.39. The summed E-state index contributed by atoms with van der Waals surface area (Å²) in [6.45, 7) is 0.0914. The lowest BCUT2D eigenvalue weighted by Gasteiger charge is -2.22. The summed E-state index contributed by atoms with van der Waals surface area (Å²) in [6, 6.07) is 18.2. The number of carbonyl (C=O) groups excluding carboxylic acids is 1. The van der Waals surface area contributed by atoms with Crippen molar-refractivity contribution >= 4 is 21.6 Å². The van der Waals surface area contributed by atoms with E-state index in [1.54, 1.807) is 12.1 Å². The molecular formula is C19H21N3O3S. The molecule has 1 amide bonds. The van der Waals surface area contributed by atoms with E-state index in [1.807, 2.05) is 36.4 Å². The number of carbonyl (C=O) groups is 1. The molecule has 0 aliphatic heterocycles. The molecule has 1 N–H and O–H groups in total. The van der Waals surface area contributed by atoms with Crippen LogP contribution in [0.15, 0.2) is 54.6 Å². The molecule has 0 fully saturated rings. The van der Waals surface area contributed by atoms with E-state index in [0.29, 0.717) is 6.54 Å². The quantitative estimate of drug-likeness (QED) is 0.719. The van der Waals surface area contributed by atoms with Crippen LogP contribution in [-0.4, -0.2) is 33.7 Å². The van der Waals surface area contributed by atoms with Crippen molar-refractivity contribution in [3.63, 3.8) is 0 Å². The molecule has 7 heteroatoms. The van der Waals surface area contributed by atoms with Crippen molar-refractivity contribution in [2.24, 2.45) is 0 Å². The molecule has 2 aromatic carbocycles. The molecule has 0 atom stereocenters. The summed E-state index contributed by atoms with van der Waals surface area (Å²) in [5, 5.41) is 11.9. The third-order valence-electron chi connectivity index (χ3n) is 3.79. The van der Waals surface area contributed by atoms with Crippen LogP contribution in [0, 0.1) is 11.3 Å². The number of para-hydroxylation sites is 1. The van der Waals surface area contributed by atoms with Gasteiger partial charge >= 0.3 is 0 Å². The van der Waals surface area contributed by atoms with Gasteiger partial charge in [0.2, 0.25) is 15.9 Å². The first-order chi connectivity index (χ1) is 12.4. The van der Waals surface area contributed by atoms with E-state index in [2.05, 4.69) is 5.32 Å². The lowest BCUT2D eigenvalue weighted by molar-refractivity contribution is -0.119. The Morgan fingerprint density at radius 1 is 1.12 bits per heavy atom. The van der Waals surface area contributed by atoms with Crippen molar-refractivity contribution in [2.45, 2.75) is 12.8 Å². The Balaban J connectivity index is 1.96. The van der Waals surface area contributed by atoms with E-state index >= 15 is 0 Å². The Labute approximate surface area is 154 Å². The number of nitrogens with one attached hydrogen (secondary N) is 1. The van der Waals surface area contributed by atoms with Crippen LogP contribution in [0.3, 0.4) is 0 Å². The lowest BCUT2D eigenvalue weighted by atomic mass is 10.1. The van der Waals surface area contributed by atoms with Crippen LogP contribution in [0.2, 0.25) is 0 Å². The molecule has 0 spiro atoms. The molecule has 0 aliphatic carbocycles. The summed E-state index contributed by atoms with van der Waals surface area (Å²) >= 11 is 0. The first kappa shape index (κ1) is 19.5. The highest BCUT2D eigenvalue weighted by Gasteiger charge is 2.22. The average Bonchev–Trinajstić information content (AvgIpc) is 2.63. The molecule has 2 aromatic rings. The zero-order valence-corrected chi connectivity index (χ0v) is 15.4. The molecule has 0 heterocycles. The maximum Gasteiger partial charge on any atom is 0.240 e. The van der Waals surface area contributed by atoms with E-state index in [0.717, 1.165) is 23.4 Å². The first-order valence-electron chi connectivity index (χ1n) is 8.19. The molecule has 0 unspecified atom stereocenters. The van der Waals surface area contributed by atoms with Gasteiger partial charge in [-0.25, -0.2) is 8.42 Å². The molecule has 0 bridgehead atoms. The molecule has 0 saturated heterocycles. The van der Waals surface area contributed by atoms with Crippen LogP contribution in [0.4, 0.5) is 5.69 Å². The van der Waals surface area contributed by atoms with Gasteiger partial charge in [0.15, 0.2) is 0 Å². The largest absolute Gasteiger partial charge is 0.355 e. The predicted molar refractivity (Wildman–Crippen MR) is 101 cm³/mol. The molecule has 136 valence electrons. The van der Waals surface area contributed by atoms with Gasteiger partial charge in [-0.05, 0) is 30.5 Å². The van der Waals surface area contributed by atoms with Crippen LogP contribution < -0.4 is 9.62 Å². The Bertz CT molecular complexity index is 890. The zero-order chi connectivity index (χ0) is 19.0.